The van der Waals surface area contributed by atoms with Gasteiger partial charge < -0.3 is 21.7 Å². The lowest BCUT2D eigenvalue weighted by Gasteiger charge is -2.38. The Hall–Kier alpha value is -3.75. The molecule has 1 aliphatic heterocycles. The largest absolute Gasteiger partial charge is 0.366 e. The average Bonchev–Trinajstić information content (AvgIpc) is 2.73. The molecule has 2 heterocycles. The number of hydrogen-bond acceptors (Lipinski definition) is 5. The Morgan fingerprint density at radius 2 is 1.67 bits per heavy atom. The molecule has 1 fully saturated rings. The average molecular weight is 409 g/mol. The molecule has 0 saturated carbocycles. The second-order valence-electron chi connectivity index (χ2n) is 7.42. The fraction of sp³-hybridized carbons (Fsp3) is 0.286. The molecule has 1 saturated heterocycles. The van der Waals surface area contributed by atoms with Crippen molar-refractivity contribution in [1.29, 1.82) is 0 Å². The van der Waals surface area contributed by atoms with Gasteiger partial charge in [0.05, 0.1) is 23.5 Å². The molecule has 0 radical (unpaired) electrons. The van der Waals surface area contributed by atoms with Crippen LogP contribution >= 0.6 is 0 Å². The van der Waals surface area contributed by atoms with E-state index >= 15 is 0 Å². The van der Waals surface area contributed by atoms with Crippen LogP contribution < -0.4 is 16.8 Å². The van der Waals surface area contributed by atoms with E-state index in [-0.39, 0.29) is 23.2 Å². The fourth-order valence-corrected chi connectivity index (χ4v) is 3.55. The van der Waals surface area contributed by atoms with Gasteiger partial charge >= 0.3 is 11.8 Å². The first-order valence-corrected chi connectivity index (χ1v) is 9.53. The Morgan fingerprint density at radius 1 is 1.00 bits per heavy atom. The molecule has 1 aromatic heterocycles. The summed E-state index contributed by atoms with van der Waals surface area (Å²) in [6.45, 7) is 2.44. The quantitative estimate of drug-likeness (QED) is 0.649. The molecule has 1 aliphatic rings. The third kappa shape index (κ3) is 4.62. The lowest BCUT2D eigenvalue weighted by molar-refractivity contribution is -0.146. The van der Waals surface area contributed by atoms with E-state index in [9.17, 15) is 19.2 Å². The van der Waals surface area contributed by atoms with Crippen LogP contribution in [-0.4, -0.2) is 40.1 Å². The second kappa shape index (κ2) is 8.73. The zero-order valence-corrected chi connectivity index (χ0v) is 16.5. The van der Waals surface area contributed by atoms with Crippen LogP contribution in [0.5, 0.6) is 0 Å². The zero-order valence-electron chi connectivity index (χ0n) is 16.5. The van der Waals surface area contributed by atoms with Gasteiger partial charge in [-0.05, 0) is 42.5 Å². The third-order valence-corrected chi connectivity index (χ3v) is 5.13. The Balaban J connectivity index is 1.80. The Labute approximate surface area is 173 Å². The van der Waals surface area contributed by atoms with Gasteiger partial charge in [0.25, 0.3) is 0 Å². The molecule has 0 spiro atoms. The minimum atomic E-state index is -0.828. The van der Waals surface area contributed by atoms with Crippen LogP contribution in [-0.2, 0) is 9.59 Å². The molecule has 9 heteroatoms. The van der Waals surface area contributed by atoms with Crippen LogP contribution in [0.15, 0.2) is 42.7 Å². The van der Waals surface area contributed by atoms with Gasteiger partial charge in [0, 0.05) is 18.3 Å². The first-order chi connectivity index (χ1) is 14.3. The number of carbonyl (C=O) groups is 4. The SMILES string of the molecule is C[C@@H]1CC[C@@H](c2ccc(C(N)=O)cc2)N(C(=O)C(=O)Nc2cncc(C(N)=O)c2)C1. The van der Waals surface area contributed by atoms with E-state index in [1.165, 1.54) is 23.4 Å². The molecule has 156 valence electrons. The van der Waals surface area contributed by atoms with Gasteiger partial charge in [-0.3, -0.25) is 24.2 Å². The normalized spacial score (nSPS) is 18.5. The van der Waals surface area contributed by atoms with Crippen LogP contribution in [0.4, 0.5) is 5.69 Å². The first kappa shape index (κ1) is 21.0. The molecular formula is C21H23N5O4. The van der Waals surface area contributed by atoms with Gasteiger partial charge in [-0.2, -0.15) is 0 Å². The van der Waals surface area contributed by atoms with Crippen LogP contribution in [0.3, 0.4) is 0 Å². The van der Waals surface area contributed by atoms with Crippen LogP contribution in [0, 0.1) is 5.92 Å². The number of rotatable bonds is 4. The first-order valence-electron chi connectivity index (χ1n) is 9.53. The summed E-state index contributed by atoms with van der Waals surface area (Å²) in [6, 6.07) is 7.79. The lowest BCUT2D eigenvalue weighted by atomic mass is 9.89. The topological polar surface area (TPSA) is 148 Å². The van der Waals surface area contributed by atoms with Gasteiger partial charge in [-0.15, -0.1) is 0 Å². The van der Waals surface area contributed by atoms with Crippen molar-refractivity contribution in [2.75, 3.05) is 11.9 Å². The number of benzene rings is 1. The van der Waals surface area contributed by atoms with Gasteiger partial charge in [0.1, 0.15) is 0 Å². The number of aromatic nitrogens is 1. The predicted octanol–water partition coefficient (Wildman–Crippen LogP) is 1.22. The molecule has 5 N–H and O–H groups in total. The highest BCUT2D eigenvalue weighted by Gasteiger charge is 2.34. The van der Waals surface area contributed by atoms with Crippen molar-refractivity contribution in [3.8, 4) is 0 Å². The fourth-order valence-electron chi connectivity index (χ4n) is 3.55. The molecule has 0 unspecified atom stereocenters. The number of nitrogens with one attached hydrogen (secondary N) is 1. The van der Waals surface area contributed by atoms with Crippen LogP contribution in [0.2, 0.25) is 0 Å². The highest BCUT2D eigenvalue weighted by molar-refractivity contribution is 6.39. The van der Waals surface area contributed by atoms with E-state index in [1.807, 2.05) is 6.92 Å². The number of carbonyl (C=O) groups excluding carboxylic acids is 4. The minimum Gasteiger partial charge on any atom is -0.366 e. The van der Waals surface area contributed by atoms with Gasteiger partial charge in [0.15, 0.2) is 0 Å². The molecule has 2 aromatic rings. The van der Waals surface area contributed by atoms with Crippen molar-refractivity contribution in [1.82, 2.24) is 9.88 Å². The number of amides is 4. The highest BCUT2D eigenvalue weighted by atomic mass is 16.2. The summed E-state index contributed by atoms with van der Waals surface area (Å²) in [5.74, 6) is -2.49. The van der Waals surface area contributed by atoms with Gasteiger partial charge in [-0.1, -0.05) is 19.1 Å². The van der Waals surface area contributed by atoms with Crippen molar-refractivity contribution in [2.45, 2.75) is 25.8 Å². The van der Waals surface area contributed by atoms with E-state index < -0.39 is 23.6 Å². The Kier molecular flexibility index (Phi) is 6.10. The third-order valence-electron chi connectivity index (χ3n) is 5.13. The van der Waals surface area contributed by atoms with Crippen LogP contribution in [0.1, 0.15) is 52.1 Å². The van der Waals surface area contributed by atoms with Crippen molar-refractivity contribution < 1.29 is 19.2 Å². The molecule has 0 bridgehead atoms. The van der Waals surface area contributed by atoms with E-state index in [2.05, 4.69) is 10.3 Å². The maximum Gasteiger partial charge on any atom is 0.313 e. The summed E-state index contributed by atoms with van der Waals surface area (Å²) in [5.41, 5.74) is 12.0. The molecule has 0 aliphatic carbocycles. The zero-order chi connectivity index (χ0) is 21.8. The molecule has 4 amide bonds. The van der Waals surface area contributed by atoms with Crippen molar-refractivity contribution in [2.24, 2.45) is 17.4 Å². The standard InChI is InChI=1S/C21H23N5O4/c1-12-2-7-17(13-3-5-14(6-4-13)18(22)27)26(11-12)21(30)20(29)25-16-8-15(19(23)28)9-24-10-16/h3-6,8-10,12,17H,2,7,11H2,1H3,(H2,22,27)(H2,23,28)(H,25,29)/t12-,17+/m1/s1. The second-order valence-corrected chi connectivity index (χ2v) is 7.42. The number of hydrogen-bond donors (Lipinski definition) is 3. The molecular weight excluding hydrogens is 386 g/mol. The maximum absolute atomic E-state index is 13.0. The Morgan fingerprint density at radius 3 is 2.30 bits per heavy atom. The summed E-state index contributed by atoms with van der Waals surface area (Å²) in [5, 5.41) is 2.48. The van der Waals surface area contributed by atoms with E-state index in [4.69, 9.17) is 11.5 Å². The number of piperidine rings is 1. The number of likely N-dealkylation sites (tertiary alicyclic amines) is 1. The Bertz CT molecular complexity index is 989. The van der Waals surface area contributed by atoms with E-state index in [1.54, 1.807) is 24.3 Å². The summed E-state index contributed by atoms with van der Waals surface area (Å²) >= 11 is 0. The summed E-state index contributed by atoms with van der Waals surface area (Å²) in [4.78, 5) is 53.5. The lowest BCUT2D eigenvalue weighted by Crippen LogP contribution is -2.46. The van der Waals surface area contributed by atoms with Gasteiger partial charge in [-0.25, -0.2) is 0 Å². The smallest absolute Gasteiger partial charge is 0.313 e. The number of anilines is 1. The molecule has 1 aromatic carbocycles. The van der Waals surface area contributed by atoms with Crippen molar-refractivity contribution in [3.05, 3.63) is 59.4 Å². The van der Waals surface area contributed by atoms with Crippen LogP contribution in [0.25, 0.3) is 0 Å². The van der Waals surface area contributed by atoms with E-state index in [0.717, 1.165) is 12.0 Å². The molecule has 9 nitrogen and oxygen atoms in total. The number of nitrogens with zero attached hydrogens (tertiary/aromatic N) is 2. The number of pyridine rings is 1. The van der Waals surface area contributed by atoms with Gasteiger partial charge in [0.2, 0.25) is 11.8 Å². The highest BCUT2D eigenvalue weighted by Crippen LogP contribution is 2.33. The molecule has 30 heavy (non-hydrogen) atoms. The molecule has 3 rings (SSSR count). The van der Waals surface area contributed by atoms with Crippen molar-refractivity contribution in [3.63, 3.8) is 0 Å². The summed E-state index contributed by atoms with van der Waals surface area (Å²) in [6.07, 6.45) is 4.20. The van der Waals surface area contributed by atoms with Crippen molar-refractivity contribution >= 4 is 29.3 Å². The number of nitrogens with two attached hydrogens (primary N) is 2. The number of primary amides is 2. The maximum atomic E-state index is 13.0. The summed E-state index contributed by atoms with van der Waals surface area (Å²) < 4.78 is 0. The predicted molar refractivity (Wildman–Crippen MR) is 109 cm³/mol. The minimum absolute atomic E-state index is 0.124. The molecule has 2 atom stereocenters. The van der Waals surface area contributed by atoms with E-state index in [0.29, 0.717) is 18.5 Å². The monoisotopic (exact) mass is 409 g/mol. The summed E-state index contributed by atoms with van der Waals surface area (Å²) in [7, 11) is 0.